The van der Waals surface area contributed by atoms with E-state index in [0.717, 1.165) is 12.0 Å². The summed E-state index contributed by atoms with van der Waals surface area (Å²) in [6.07, 6.45) is 3.68. The summed E-state index contributed by atoms with van der Waals surface area (Å²) in [4.78, 5) is 17.9. The van der Waals surface area contributed by atoms with Crippen LogP contribution in [0, 0.1) is 5.82 Å². The van der Waals surface area contributed by atoms with Crippen LogP contribution >= 0.6 is 11.6 Å². The molecule has 3 rings (SSSR count). The van der Waals surface area contributed by atoms with Gasteiger partial charge in [0.15, 0.2) is 0 Å². The third-order valence-electron chi connectivity index (χ3n) is 3.19. The Balaban J connectivity index is 2.00. The molecule has 0 saturated heterocycles. The number of fused-ring (bicyclic) bond motifs is 1. The van der Waals surface area contributed by atoms with Gasteiger partial charge in [0.2, 0.25) is 0 Å². The molecule has 1 aliphatic rings. The molecule has 0 atom stereocenters. The quantitative estimate of drug-likeness (QED) is 0.802. The number of rotatable bonds is 1. The highest BCUT2D eigenvalue weighted by Gasteiger charge is 2.27. The number of aromatic nitrogens is 1. The van der Waals surface area contributed by atoms with Crippen LogP contribution in [0.5, 0.6) is 0 Å². The van der Waals surface area contributed by atoms with Crippen molar-refractivity contribution in [3.05, 3.63) is 58.6 Å². The van der Waals surface area contributed by atoms with Crippen molar-refractivity contribution < 1.29 is 9.18 Å². The number of carbonyl (C=O) groups excluding carboxylic acids is 1. The normalized spacial score (nSPS) is 13.5. The SMILES string of the molecule is O=C(c1cnccc1Cl)N1CCc2ccc(F)cc21. The molecule has 0 saturated carbocycles. The molecule has 5 heteroatoms. The van der Waals surface area contributed by atoms with Crippen LogP contribution in [0.1, 0.15) is 15.9 Å². The lowest BCUT2D eigenvalue weighted by Gasteiger charge is -2.17. The van der Waals surface area contributed by atoms with Gasteiger partial charge in [-0.3, -0.25) is 9.78 Å². The third-order valence-corrected chi connectivity index (χ3v) is 3.52. The van der Waals surface area contributed by atoms with E-state index in [4.69, 9.17) is 11.6 Å². The number of hydrogen-bond acceptors (Lipinski definition) is 2. The molecule has 0 radical (unpaired) electrons. The zero-order valence-corrected chi connectivity index (χ0v) is 10.7. The highest BCUT2D eigenvalue weighted by molar-refractivity contribution is 6.34. The molecular formula is C14H10ClFN2O. The fourth-order valence-corrected chi connectivity index (χ4v) is 2.43. The Morgan fingerprint density at radius 1 is 1.37 bits per heavy atom. The van der Waals surface area contributed by atoms with Crippen LogP contribution in [0.15, 0.2) is 36.7 Å². The fourth-order valence-electron chi connectivity index (χ4n) is 2.24. The first kappa shape index (κ1) is 12.1. The molecule has 19 heavy (non-hydrogen) atoms. The molecule has 1 amide bonds. The summed E-state index contributed by atoms with van der Waals surface area (Å²) >= 11 is 5.99. The van der Waals surface area contributed by atoms with Gasteiger partial charge in [0, 0.05) is 18.9 Å². The summed E-state index contributed by atoms with van der Waals surface area (Å²) < 4.78 is 13.3. The molecule has 0 unspecified atom stereocenters. The summed E-state index contributed by atoms with van der Waals surface area (Å²) in [6.45, 7) is 0.531. The van der Waals surface area contributed by atoms with Crippen LogP contribution in [0.2, 0.25) is 5.02 Å². The van der Waals surface area contributed by atoms with E-state index >= 15 is 0 Å². The molecule has 1 aromatic heterocycles. The Kier molecular flexibility index (Phi) is 2.95. The maximum atomic E-state index is 13.3. The molecule has 2 heterocycles. The lowest BCUT2D eigenvalue weighted by Crippen LogP contribution is -2.29. The van der Waals surface area contributed by atoms with E-state index in [1.54, 1.807) is 17.0 Å². The zero-order valence-electron chi connectivity index (χ0n) is 9.94. The van der Waals surface area contributed by atoms with Crippen LogP contribution in [0.4, 0.5) is 10.1 Å². The van der Waals surface area contributed by atoms with E-state index in [9.17, 15) is 9.18 Å². The summed E-state index contributed by atoms with van der Waals surface area (Å²) in [5.41, 5.74) is 1.92. The van der Waals surface area contributed by atoms with Crippen LogP contribution in [0.25, 0.3) is 0 Å². The fraction of sp³-hybridized carbons (Fsp3) is 0.143. The van der Waals surface area contributed by atoms with Gasteiger partial charge in [-0.05, 0) is 30.2 Å². The van der Waals surface area contributed by atoms with Crippen molar-refractivity contribution in [1.29, 1.82) is 0 Å². The smallest absolute Gasteiger partial charge is 0.261 e. The first-order chi connectivity index (χ1) is 9.16. The van der Waals surface area contributed by atoms with E-state index in [-0.39, 0.29) is 11.7 Å². The Morgan fingerprint density at radius 3 is 3.00 bits per heavy atom. The minimum Gasteiger partial charge on any atom is -0.308 e. The molecule has 0 aliphatic carbocycles. The van der Waals surface area contributed by atoms with Crippen LogP contribution in [0.3, 0.4) is 0 Å². The Morgan fingerprint density at radius 2 is 2.21 bits per heavy atom. The highest BCUT2D eigenvalue weighted by atomic mass is 35.5. The molecule has 2 aromatic rings. The topological polar surface area (TPSA) is 33.2 Å². The number of benzene rings is 1. The van der Waals surface area contributed by atoms with E-state index in [0.29, 0.717) is 22.8 Å². The molecule has 1 aliphatic heterocycles. The monoisotopic (exact) mass is 276 g/mol. The molecule has 0 N–H and O–H groups in total. The van der Waals surface area contributed by atoms with Crippen molar-refractivity contribution in [2.24, 2.45) is 0 Å². The summed E-state index contributed by atoms with van der Waals surface area (Å²) in [5, 5.41) is 0.352. The molecule has 1 aromatic carbocycles. The predicted molar refractivity (Wildman–Crippen MR) is 71.0 cm³/mol. The number of pyridine rings is 1. The van der Waals surface area contributed by atoms with Gasteiger partial charge in [0.1, 0.15) is 5.82 Å². The summed E-state index contributed by atoms with van der Waals surface area (Å²) in [6, 6.07) is 6.06. The van der Waals surface area contributed by atoms with Gasteiger partial charge in [-0.2, -0.15) is 0 Å². The lowest BCUT2D eigenvalue weighted by atomic mass is 10.1. The van der Waals surface area contributed by atoms with Gasteiger partial charge in [0.05, 0.1) is 16.3 Å². The minimum absolute atomic E-state index is 0.248. The van der Waals surface area contributed by atoms with Gasteiger partial charge in [-0.15, -0.1) is 0 Å². The first-order valence-corrected chi connectivity index (χ1v) is 6.24. The minimum atomic E-state index is -0.351. The third kappa shape index (κ3) is 2.08. The van der Waals surface area contributed by atoms with E-state index in [1.165, 1.54) is 24.5 Å². The van der Waals surface area contributed by atoms with Crippen LogP contribution < -0.4 is 4.90 Å². The van der Waals surface area contributed by atoms with Crippen LogP contribution in [-0.2, 0) is 6.42 Å². The van der Waals surface area contributed by atoms with Gasteiger partial charge in [-0.25, -0.2) is 4.39 Å². The average molecular weight is 277 g/mol. The van der Waals surface area contributed by atoms with Gasteiger partial charge in [0.25, 0.3) is 5.91 Å². The number of carbonyl (C=O) groups is 1. The average Bonchev–Trinajstić information content (AvgIpc) is 2.81. The second-order valence-corrected chi connectivity index (χ2v) is 4.74. The molecule has 3 nitrogen and oxygen atoms in total. The summed E-state index contributed by atoms with van der Waals surface area (Å²) in [5.74, 6) is -0.599. The maximum absolute atomic E-state index is 13.3. The van der Waals surface area contributed by atoms with Gasteiger partial charge >= 0.3 is 0 Å². The number of halogens is 2. The van der Waals surface area contributed by atoms with Gasteiger partial charge < -0.3 is 4.90 Å². The number of nitrogens with zero attached hydrogens (tertiary/aromatic N) is 2. The molecular weight excluding hydrogens is 267 g/mol. The van der Waals surface area contributed by atoms with E-state index in [2.05, 4.69) is 4.98 Å². The largest absolute Gasteiger partial charge is 0.308 e. The van der Waals surface area contributed by atoms with E-state index < -0.39 is 0 Å². The molecule has 0 bridgehead atoms. The van der Waals surface area contributed by atoms with Crippen molar-refractivity contribution in [3.63, 3.8) is 0 Å². The maximum Gasteiger partial charge on any atom is 0.261 e. The van der Waals surface area contributed by atoms with E-state index in [1.807, 2.05) is 0 Å². The molecule has 96 valence electrons. The van der Waals surface area contributed by atoms with Crippen molar-refractivity contribution in [2.75, 3.05) is 11.4 Å². The van der Waals surface area contributed by atoms with Crippen molar-refractivity contribution in [3.8, 4) is 0 Å². The molecule has 0 spiro atoms. The Labute approximate surface area is 114 Å². The van der Waals surface area contributed by atoms with Crippen molar-refractivity contribution >= 4 is 23.2 Å². The van der Waals surface area contributed by atoms with Gasteiger partial charge in [-0.1, -0.05) is 17.7 Å². The second-order valence-electron chi connectivity index (χ2n) is 4.34. The van der Waals surface area contributed by atoms with Crippen molar-refractivity contribution in [1.82, 2.24) is 4.98 Å². The van der Waals surface area contributed by atoms with Crippen LogP contribution in [-0.4, -0.2) is 17.4 Å². The summed E-state index contributed by atoms with van der Waals surface area (Å²) in [7, 11) is 0. The zero-order chi connectivity index (χ0) is 13.4. The number of anilines is 1. The number of hydrogen-bond donors (Lipinski definition) is 0. The second kappa shape index (κ2) is 4.63. The standard InChI is InChI=1S/C14H10ClFN2O/c15-12-3-5-17-8-11(12)14(19)18-6-4-9-1-2-10(16)7-13(9)18/h1-3,5,7-8H,4,6H2. The molecule has 0 fully saturated rings. The number of amides is 1. The van der Waals surface area contributed by atoms with Crippen molar-refractivity contribution in [2.45, 2.75) is 6.42 Å². The highest BCUT2D eigenvalue weighted by Crippen LogP contribution is 2.30. The Hall–Kier alpha value is -1.94. The first-order valence-electron chi connectivity index (χ1n) is 5.86. The Bertz CT molecular complexity index is 660. The predicted octanol–water partition coefficient (Wildman–Crippen LogP) is 3.08. The lowest BCUT2D eigenvalue weighted by molar-refractivity contribution is 0.0989.